The molecule has 3 N–H and O–H groups in total. The Hall–Kier alpha value is -3.02. The van der Waals surface area contributed by atoms with Crippen molar-refractivity contribution in [2.24, 2.45) is 5.10 Å². The quantitative estimate of drug-likeness (QED) is 0.599. The smallest absolute Gasteiger partial charge is 0.339 e. The number of aryl methyl sites for hydroxylation is 2. The maximum Gasteiger partial charge on any atom is 0.339 e. The molecule has 0 bridgehead atoms. The lowest BCUT2D eigenvalue weighted by atomic mass is 10.1. The Bertz CT molecular complexity index is 722. The number of rotatable bonds is 4. The number of hydrogen-bond donors (Lipinski definition) is 3. The normalized spacial score (nSPS) is 10.6. The van der Waals surface area contributed by atoms with Crippen LogP contribution in [0.15, 0.2) is 41.5 Å². The van der Waals surface area contributed by atoms with E-state index in [-0.39, 0.29) is 5.75 Å². The van der Waals surface area contributed by atoms with E-state index in [1.165, 1.54) is 19.4 Å². The van der Waals surface area contributed by atoms with Crippen molar-refractivity contribution in [3.05, 3.63) is 53.1 Å². The summed E-state index contributed by atoms with van der Waals surface area (Å²) in [5, 5.41) is 16.2. The molecule has 2 amide bonds. The van der Waals surface area contributed by atoms with Crippen molar-refractivity contribution in [1.29, 1.82) is 0 Å². The van der Waals surface area contributed by atoms with Gasteiger partial charge in [-0.1, -0.05) is 18.2 Å². The van der Waals surface area contributed by atoms with E-state index in [4.69, 9.17) is 4.74 Å². The predicted octanol–water partition coefficient (Wildman–Crippen LogP) is 3.17. The van der Waals surface area contributed by atoms with Crippen LogP contribution in [0.1, 0.15) is 16.7 Å². The standard InChI is InChI=1S/C17H19N3O3/c1-11-5-4-6-12(2)16(11)19-17(22)20-18-10-13-7-8-14(21)15(9-13)23-3/h4-10,21H,1-3H3,(H2,19,20,22)/b18-10+. The Balaban J connectivity index is 1.99. The Labute approximate surface area is 134 Å². The number of amides is 2. The molecule has 0 fully saturated rings. The van der Waals surface area contributed by atoms with Gasteiger partial charge in [-0.05, 0) is 48.7 Å². The molecule has 0 spiro atoms. The van der Waals surface area contributed by atoms with Gasteiger partial charge in [-0.15, -0.1) is 0 Å². The maximum atomic E-state index is 11.9. The van der Waals surface area contributed by atoms with Crippen molar-refractivity contribution < 1.29 is 14.6 Å². The van der Waals surface area contributed by atoms with Crippen molar-refractivity contribution in [3.8, 4) is 11.5 Å². The average Bonchev–Trinajstić information content (AvgIpc) is 2.52. The number of anilines is 1. The van der Waals surface area contributed by atoms with E-state index in [1.807, 2.05) is 32.0 Å². The molecule has 0 atom stereocenters. The molecular formula is C17H19N3O3. The Morgan fingerprint density at radius 1 is 1.22 bits per heavy atom. The average molecular weight is 313 g/mol. The molecule has 120 valence electrons. The van der Waals surface area contributed by atoms with E-state index in [2.05, 4.69) is 15.8 Å². The number of urea groups is 1. The first-order chi connectivity index (χ1) is 11.0. The van der Waals surface area contributed by atoms with Gasteiger partial charge in [0, 0.05) is 5.69 Å². The third-order valence-electron chi connectivity index (χ3n) is 3.30. The first-order valence-corrected chi connectivity index (χ1v) is 7.04. The monoisotopic (exact) mass is 313 g/mol. The van der Waals surface area contributed by atoms with Crippen molar-refractivity contribution in [3.63, 3.8) is 0 Å². The van der Waals surface area contributed by atoms with Crippen molar-refractivity contribution >= 4 is 17.9 Å². The minimum absolute atomic E-state index is 0.0466. The van der Waals surface area contributed by atoms with Gasteiger partial charge in [-0.2, -0.15) is 5.10 Å². The summed E-state index contributed by atoms with van der Waals surface area (Å²) in [7, 11) is 1.46. The third kappa shape index (κ3) is 4.23. The van der Waals surface area contributed by atoms with Gasteiger partial charge in [0.2, 0.25) is 0 Å². The van der Waals surface area contributed by atoms with E-state index in [1.54, 1.807) is 12.1 Å². The Morgan fingerprint density at radius 3 is 2.57 bits per heavy atom. The molecule has 0 saturated heterocycles. The molecule has 0 unspecified atom stereocenters. The van der Waals surface area contributed by atoms with Crippen LogP contribution in [-0.4, -0.2) is 24.5 Å². The summed E-state index contributed by atoms with van der Waals surface area (Å²) in [5.74, 6) is 0.388. The number of hydrogen-bond acceptors (Lipinski definition) is 4. The number of carbonyl (C=O) groups is 1. The highest BCUT2D eigenvalue weighted by atomic mass is 16.5. The predicted molar refractivity (Wildman–Crippen MR) is 90.3 cm³/mol. The second kappa shape index (κ2) is 7.31. The number of ether oxygens (including phenoxy) is 1. The topological polar surface area (TPSA) is 83.0 Å². The number of benzene rings is 2. The molecule has 0 aliphatic rings. The van der Waals surface area contributed by atoms with Gasteiger partial charge in [-0.25, -0.2) is 10.2 Å². The molecule has 0 aliphatic heterocycles. The number of aromatic hydroxyl groups is 1. The lowest BCUT2D eigenvalue weighted by molar-refractivity contribution is 0.252. The summed E-state index contributed by atoms with van der Waals surface area (Å²) in [5.41, 5.74) is 5.82. The minimum Gasteiger partial charge on any atom is -0.504 e. The molecule has 2 aromatic carbocycles. The summed E-state index contributed by atoms with van der Waals surface area (Å²) < 4.78 is 5.01. The zero-order valence-corrected chi connectivity index (χ0v) is 13.3. The highest BCUT2D eigenvalue weighted by molar-refractivity contribution is 5.92. The minimum atomic E-state index is -0.426. The van der Waals surface area contributed by atoms with Crippen LogP contribution in [0.25, 0.3) is 0 Å². The van der Waals surface area contributed by atoms with Gasteiger partial charge >= 0.3 is 6.03 Å². The van der Waals surface area contributed by atoms with Crippen LogP contribution < -0.4 is 15.5 Å². The first kappa shape index (κ1) is 16.4. The van der Waals surface area contributed by atoms with E-state index in [0.29, 0.717) is 11.3 Å². The highest BCUT2D eigenvalue weighted by Gasteiger charge is 2.06. The molecule has 0 saturated carbocycles. The van der Waals surface area contributed by atoms with Crippen molar-refractivity contribution in [2.75, 3.05) is 12.4 Å². The molecular weight excluding hydrogens is 294 g/mol. The fourth-order valence-corrected chi connectivity index (χ4v) is 2.09. The largest absolute Gasteiger partial charge is 0.504 e. The molecule has 2 aromatic rings. The van der Waals surface area contributed by atoms with E-state index in [0.717, 1.165) is 16.8 Å². The molecule has 0 heterocycles. The van der Waals surface area contributed by atoms with Crippen LogP contribution in [0.5, 0.6) is 11.5 Å². The lowest BCUT2D eigenvalue weighted by Gasteiger charge is -2.10. The lowest BCUT2D eigenvalue weighted by Crippen LogP contribution is -2.25. The van der Waals surface area contributed by atoms with Crippen LogP contribution in [0.3, 0.4) is 0 Å². The molecule has 0 radical (unpaired) electrons. The van der Waals surface area contributed by atoms with E-state index < -0.39 is 6.03 Å². The van der Waals surface area contributed by atoms with Crippen LogP contribution in [-0.2, 0) is 0 Å². The molecule has 0 aliphatic carbocycles. The zero-order chi connectivity index (χ0) is 16.8. The molecule has 6 heteroatoms. The molecule has 2 rings (SSSR count). The van der Waals surface area contributed by atoms with E-state index >= 15 is 0 Å². The van der Waals surface area contributed by atoms with Crippen molar-refractivity contribution in [2.45, 2.75) is 13.8 Å². The van der Waals surface area contributed by atoms with Crippen LogP contribution >= 0.6 is 0 Å². The molecule has 0 aromatic heterocycles. The first-order valence-electron chi connectivity index (χ1n) is 7.04. The Kier molecular flexibility index (Phi) is 5.19. The fraction of sp³-hybridized carbons (Fsp3) is 0.176. The van der Waals surface area contributed by atoms with Gasteiger partial charge < -0.3 is 15.2 Å². The SMILES string of the molecule is COc1cc(/C=N/NC(=O)Nc2c(C)cccc2C)ccc1O. The zero-order valence-electron chi connectivity index (χ0n) is 13.3. The van der Waals surface area contributed by atoms with Gasteiger partial charge in [-0.3, -0.25) is 0 Å². The molecule has 6 nitrogen and oxygen atoms in total. The third-order valence-corrected chi connectivity index (χ3v) is 3.30. The number of nitrogens with one attached hydrogen (secondary N) is 2. The summed E-state index contributed by atoms with van der Waals surface area (Å²) in [6.07, 6.45) is 1.46. The second-order valence-electron chi connectivity index (χ2n) is 5.02. The maximum absolute atomic E-state index is 11.9. The number of phenols is 1. The number of methoxy groups -OCH3 is 1. The Morgan fingerprint density at radius 2 is 1.91 bits per heavy atom. The van der Waals surface area contributed by atoms with Crippen LogP contribution in [0, 0.1) is 13.8 Å². The van der Waals surface area contributed by atoms with Crippen LogP contribution in [0.4, 0.5) is 10.5 Å². The number of hydrazone groups is 1. The number of nitrogens with zero attached hydrogens (tertiary/aromatic N) is 1. The van der Waals surface area contributed by atoms with Gasteiger partial charge in [0.1, 0.15) is 0 Å². The number of carbonyl (C=O) groups excluding carboxylic acids is 1. The summed E-state index contributed by atoms with van der Waals surface area (Å²) in [4.78, 5) is 11.9. The number of para-hydroxylation sites is 1. The van der Waals surface area contributed by atoms with Crippen molar-refractivity contribution in [1.82, 2.24) is 5.43 Å². The van der Waals surface area contributed by atoms with Crippen LogP contribution in [0.2, 0.25) is 0 Å². The fourth-order valence-electron chi connectivity index (χ4n) is 2.09. The second-order valence-corrected chi connectivity index (χ2v) is 5.02. The summed E-state index contributed by atoms with van der Waals surface area (Å²) >= 11 is 0. The van der Waals surface area contributed by atoms with Gasteiger partial charge in [0.25, 0.3) is 0 Å². The van der Waals surface area contributed by atoms with Gasteiger partial charge in [0.15, 0.2) is 11.5 Å². The van der Waals surface area contributed by atoms with Gasteiger partial charge in [0.05, 0.1) is 13.3 Å². The highest BCUT2D eigenvalue weighted by Crippen LogP contribution is 2.25. The molecule has 23 heavy (non-hydrogen) atoms. The van der Waals surface area contributed by atoms with E-state index in [9.17, 15) is 9.90 Å². The summed E-state index contributed by atoms with van der Waals surface area (Å²) in [6.45, 7) is 3.85. The number of phenolic OH excluding ortho intramolecular Hbond substituents is 1. The summed E-state index contributed by atoms with van der Waals surface area (Å²) in [6, 6.07) is 10.1.